The molecule has 1 amide bonds. The Hall–Kier alpha value is -2.37. The Labute approximate surface area is 126 Å². The molecule has 0 aliphatic carbocycles. The first kappa shape index (κ1) is 15.0. The van der Waals surface area contributed by atoms with Gasteiger partial charge in [-0.3, -0.25) is 4.79 Å². The molecular formula is C15H13ClN2O3. The van der Waals surface area contributed by atoms with E-state index < -0.39 is 17.9 Å². The maximum Gasteiger partial charge on any atom is 0.337 e. The van der Waals surface area contributed by atoms with Gasteiger partial charge in [0.15, 0.2) is 0 Å². The van der Waals surface area contributed by atoms with Gasteiger partial charge in [0, 0.05) is 5.02 Å². The van der Waals surface area contributed by atoms with Gasteiger partial charge in [-0.2, -0.15) is 0 Å². The molecule has 0 fully saturated rings. The van der Waals surface area contributed by atoms with E-state index >= 15 is 0 Å². The van der Waals surface area contributed by atoms with Crippen molar-refractivity contribution >= 4 is 29.2 Å². The summed E-state index contributed by atoms with van der Waals surface area (Å²) >= 11 is 5.83. The van der Waals surface area contributed by atoms with Crippen molar-refractivity contribution in [1.82, 2.24) is 0 Å². The Morgan fingerprint density at radius 1 is 1.14 bits per heavy atom. The molecule has 0 saturated carbocycles. The van der Waals surface area contributed by atoms with Crippen LogP contribution in [-0.4, -0.2) is 17.0 Å². The molecule has 2 aromatic rings. The minimum absolute atomic E-state index is 0.0481. The third-order valence-electron chi connectivity index (χ3n) is 2.91. The minimum Gasteiger partial charge on any atom is -0.478 e. The summed E-state index contributed by atoms with van der Waals surface area (Å²) in [5.41, 5.74) is 6.56. The highest BCUT2D eigenvalue weighted by atomic mass is 35.5. The quantitative estimate of drug-likeness (QED) is 0.809. The number of carboxylic acids is 1. The fraction of sp³-hybridized carbons (Fsp3) is 0.0667. The van der Waals surface area contributed by atoms with E-state index in [1.807, 2.05) is 6.07 Å². The van der Waals surface area contributed by atoms with Crippen LogP contribution >= 0.6 is 11.6 Å². The smallest absolute Gasteiger partial charge is 0.337 e. The number of carbonyl (C=O) groups excluding carboxylic acids is 1. The number of nitrogens with two attached hydrogens (primary N) is 1. The van der Waals surface area contributed by atoms with Crippen LogP contribution in [0.25, 0.3) is 0 Å². The van der Waals surface area contributed by atoms with Crippen LogP contribution in [0, 0.1) is 0 Å². The topological polar surface area (TPSA) is 92.4 Å². The predicted octanol–water partition coefficient (Wildman–Crippen LogP) is 2.68. The van der Waals surface area contributed by atoms with Crippen molar-refractivity contribution in [1.29, 1.82) is 0 Å². The largest absolute Gasteiger partial charge is 0.478 e. The first-order valence-corrected chi connectivity index (χ1v) is 6.51. The number of amides is 1. The molecule has 0 bridgehead atoms. The maximum atomic E-state index is 12.1. The van der Waals surface area contributed by atoms with E-state index in [9.17, 15) is 9.59 Å². The lowest BCUT2D eigenvalue weighted by atomic mass is 10.1. The number of hydrogen-bond donors (Lipinski definition) is 3. The predicted molar refractivity (Wildman–Crippen MR) is 80.4 cm³/mol. The summed E-state index contributed by atoms with van der Waals surface area (Å²) in [5, 5.41) is 11.9. The summed E-state index contributed by atoms with van der Waals surface area (Å²) in [7, 11) is 0. The summed E-state index contributed by atoms with van der Waals surface area (Å²) < 4.78 is 0. The van der Waals surface area contributed by atoms with Crippen molar-refractivity contribution < 1.29 is 14.7 Å². The van der Waals surface area contributed by atoms with Gasteiger partial charge >= 0.3 is 5.97 Å². The Morgan fingerprint density at radius 3 is 2.43 bits per heavy atom. The first-order chi connectivity index (χ1) is 9.99. The summed E-state index contributed by atoms with van der Waals surface area (Å²) in [4.78, 5) is 23.3. The molecule has 2 aromatic carbocycles. The highest BCUT2D eigenvalue weighted by Crippen LogP contribution is 2.22. The molecule has 4 N–H and O–H groups in total. The molecule has 21 heavy (non-hydrogen) atoms. The Bertz CT molecular complexity index is 674. The summed E-state index contributed by atoms with van der Waals surface area (Å²) in [6, 6.07) is 12.0. The molecular weight excluding hydrogens is 292 g/mol. The normalized spacial score (nSPS) is 11.7. The van der Waals surface area contributed by atoms with Crippen LogP contribution in [0.2, 0.25) is 5.02 Å². The highest BCUT2D eigenvalue weighted by Gasteiger charge is 2.18. The average molecular weight is 305 g/mol. The van der Waals surface area contributed by atoms with E-state index in [2.05, 4.69) is 5.32 Å². The van der Waals surface area contributed by atoms with E-state index in [1.54, 1.807) is 24.3 Å². The molecule has 0 spiro atoms. The number of nitrogens with one attached hydrogen (secondary N) is 1. The number of halogens is 1. The second-order valence-electron chi connectivity index (χ2n) is 4.37. The number of anilines is 1. The number of carboxylic acid groups (broad SMARTS) is 1. The van der Waals surface area contributed by atoms with E-state index in [4.69, 9.17) is 22.4 Å². The minimum atomic E-state index is -1.16. The van der Waals surface area contributed by atoms with Gasteiger partial charge in [-0.15, -0.1) is 0 Å². The van der Waals surface area contributed by atoms with E-state index in [0.717, 1.165) is 0 Å². The fourth-order valence-electron chi connectivity index (χ4n) is 1.83. The van der Waals surface area contributed by atoms with Gasteiger partial charge in [-0.1, -0.05) is 41.9 Å². The molecule has 0 heterocycles. The summed E-state index contributed by atoms with van der Waals surface area (Å²) in [6.45, 7) is 0. The van der Waals surface area contributed by atoms with Crippen molar-refractivity contribution in [2.45, 2.75) is 6.04 Å². The standard InChI is InChI=1S/C15H13ClN2O3/c16-10-6-7-11(15(20)21)12(8-10)18-14(19)13(17)9-4-2-1-3-5-9/h1-8,13H,17H2,(H,18,19)(H,20,21)/t13-/m1/s1. The van der Waals surface area contributed by atoms with E-state index in [1.165, 1.54) is 18.2 Å². The van der Waals surface area contributed by atoms with Crippen LogP contribution in [0.15, 0.2) is 48.5 Å². The lowest BCUT2D eigenvalue weighted by molar-refractivity contribution is -0.117. The monoisotopic (exact) mass is 304 g/mol. The van der Waals surface area contributed by atoms with Crippen molar-refractivity contribution in [3.8, 4) is 0 Å². The SMILES string of the molecule is N[C@@H](C(=O)Nc1cc(Cl)ccc1C(=O)O)c1ccccc1. The van der Waals surface area contributed by atoms with Crippen LogP contribution in [-0.2, 0) is 4.79 Å². The highest BCUT2D eigenvalue weighted by molar-refractivity contribution is 6.31. The van der Waals surface area contributed by atoms with E-state index in [0.29, 0.717) is 10.6 Å². The number of hydrogen-bond acceptors (Lipinski definition) is 3. The van der Waals surface area contributed by atoms with Crippen LogP contribution in [0.3, 0.4) is 0 Å². The van der Waals surface area contributed by atoms with E-state index in [-0.39, 0.29) is 11.3 Å². The summed E-state index contributed by atoms with van der Waals surface area (Å²) in [6.07, 6.45) is 0. The van der Waals surface area contributed by atoms with Gasteiger partial charge in [0.05, 0.1) is 11.3 Å². The van der Waals surface area contributed by atoms with Crippen LogP contribution < -0.4 is 11.1 Å². The molecule has 0 aliphatic rings. The number of aromatic carboxylic acids is 1. The second kappa shape index (κ2) is 6.39. The molecule has 5 nitrogen and oxygen atoms in total. The molecule has 0 aromatic heterocycles. The van der Waals surface area contributed by atoms with Crippen LogP contribution in [0.4, 0.5) is 5.69 Å². The number of carbonyl (C=O) groups is 2. The van der Waals surface area contributed by atoms with Gasteiger partial charge < -0.3 is 16.2 Å². The average Bonchev–Trinajstić information content (AvgIpc) is 2.47. The van der Waals surface area contributed by atoms with Gasteiger partial charge in [0.1, 0.15) is 6.04 Å². The molecule has 108 valence electrons. The van der Waals surface area contributed by atoms with Crippen molar-refractivity contribution in [3.63, 3.8) is 0 Å². The van der Waals surface area contributed by atoms with Gasteiger partial charge in [0.25, 0.3) is 0 Å². The zero-order valence-electron chi connectivity index (χ0n) is 10.9. The van der Waals surface area contributed by atoms with Gasteiger partial charge in [-0.25, -0.2) is 4.79 Å². The van der Waals surface area contributed by atoms with Crippen LogP contribution in [0.1, 0.15) is 22.0 Å². The Kier molecular flexibility index (Phi) is 4.57. The lowest BCUT2D eigenvalue weighted by Crippen LogP contribution is -2.28. The van der Waals surface area contributed by atoms with Crippen molar-refractivity contribution in [3.05, 3.63) is 64.7 Å². The third-order valence-corrected chi connectivity index (χ3v) is 3.15. The molecule has 0 unspecified atom stereocenters. The van der Waals surface area contributed by atoms with Crippen LogP contribution in [0.5, 0.6) is 0 Å². The second-order valence-corrected chi connectivity index (χ2v) is 4.81. The third kappa shape index (κ3) is 3.59. The number of benzene rings is 2. The zero-order valence-corrected chi connectivity index (χ0v) is 11.7. The number of rotatable bonds is 4. The van der Waals surface area contributed by atoms with Gasteiger partial charge in [-0.05, 0) is 23.8 Å². The first-order valence-electron chi connectivity index (χ1n) is 6.13. The van der Waals surface area contributed by atoms with Crippen molar-refractivity contribution in [2.75, 3.05) is 5.32 Å². The summed E-state index contributed by atoms with van der Waals surface area (Å²) in [5.74, 6) is -1.67. The maximum absolute atomic E-state index is 12.1. The van der Waals surface area contributed by atoms with Crippen molar-refractivity contribution in [2.24, 2.45) is 5.73 Å². The molecule has 0 saturated heterocycles. The zero-order chi connectivity index (χ0) is 15.4. The molecule has 6 heteroatoms. The molecule has 1 atom stereocenters. The molecule has 0 aliphatic heterocycles. The lowest BCUT2D eigenvalue weighted by Gasteiger charge is -2.14. The fourth-order valence-corrected chi connectivity index (χ4v) is 2.00. The molecule has 0 radical (unpaired) electrons. The molecule has 2 rings (SSSR count). The van der Waals surface area contributed by atoms with Gasteiger partial charge in [0.2, 0.25) is 5.91 Å². The Balaban J connectivity index is 2.24. The Morgan fingerprint density at radius 2 is 1.81 bits per heavy atom.